The van der Waals surface area contributed by atoms with Gasteiger partial charge in [-0.2, -0.15) is 5.10 Å². The molecule has 0 bridgehead atoms. The van der Waals surface area contributed by atoms with Crippen molar-refractivity contribution in [2.24, 2.45) is 5.73 Å². The lowest BCUT2D eigenvalue weighted by molar-refractivity contribution is 0.409. The van der Waals surface area contributed by atoms with Gasteiger partial charge in [-0.1, -0.05) is 0 Å². The van der Waals surface area contributed by atoms with E-state index in [9.17, 15) is 0 Å². The molecule has 2 atom stereocenters. The number of rotatable bonds is 3. The van der Waals surface area contributed by atoms with Crippen LogP contribution < -0.4 is 11.1 Å². The number of nitrogens with two attached hydrogens (primary N) is 1. The number of anilines is 1. The fraction of sp³-hybridized carbons (Fsp3) is 0.462. The molecule has 6 heteroatoms. The minimum atomic E-state index is 0.303. The molecule has 0 aromatic carbocycles. The highest BCUT2D eigenvalue weighted by atomic mass is 15.3. The summed E-state index contributed by atoms with van der Waals surface area (Å²) >= 11 is 0. The van der Waals surface area contributed by atoms with E-state index in [1.807, 2.05) is 12.1 Å². The van der Waals surface area contributed by atoms with Crippen molar-refractivity contribution in [3.05, 3.63) is 31.0 Å². The molecule has 1 saturated carbocycles. The molecule has 2 unspecified atom stereocenters. The minimum Gasteiger partial charge on any atom is -0.379 e. The van der Waals surface area contributed by atoms with Gasteiger partial charge in [0.05, 0.1) is 5.69 Å². The van der Waals surface area contributed by atoms with Crippen LogP contribution in [0.2, 0.25) is 0 Å². The van der Waals surface area contributed by atoms with E-state index >= 15 is 0 Å². The van der Waals surface area contributed by atoms with Gasteiger partial charge in [0.15, 0.2) is 5.82 Å². The molecule has 1 fully saturated rings. The first-order valence-corrected chi connectivity index (χ1v) is 6.65. The standard InChI is InChI=1S/C13H18N6/c14-10-3-1-4-11(7-10)18-12-5-2-6-16-13(12)19-9-15-8-17-19/h2,5-6,8-11,18H,1,3-4,7,14H2. The Morgan fingerprint density at radius 3 is 3.11 bits per heavy atom. The van der Waals surface area contributed by atoms with E-state index in [0.717, 1.165) is 30.8 Å². The molecule has 0 aliphatic heterocycles. The maximum Gasteiger partial charge on any atom is 0.178 e. The van der Waals surface area contributed by atoms with E-state index in [1.54, 1.807) is 17.2 Å². The zero-order chi connectivity index (χ0) is 13.1. The molecule has 2 aromatic rings. The molecular weight excluding hydrogens is 240 g/mol. The zero-order valence-corrected chi connectivity index (χ0v) is 10.7. The fourth-order valence-electron chi connectivity index (χ4n) is 2.59. The average molecular weight is 258 g/mol. The Kier molecular flexibility index (Phi) is 3.41. The Morgan fingerprint density at radius 1 is 1.37 bits per heavy atom. The molecule has 1 aliphatic rings. The quantitative estimate of drug-likeness (QED) is 0.868. The summed E-state index contributed by atoms with van der Waals surface area (Å²) in [5, 5.41) is 7.67. The summed E-state index contributed by atoms with van der Waals surface area (Å²) in [7, 11) is 0. The van der Waals surface area contributed by atoms with Gasteiger partial charge in [-0.25, -0.2) is 14.6 Å². The van der Waals surface area contributed by atoms with Gasteiger partial charge in [-0.15, -0.1) is 0 Å². The van der Waals surface area contributed by atoms with Crippen LogP contribution in [0, 0.1) is 0 Å². The Balaban J connectivity index is 1.81. The van der Waals surface area contributed by atoms with E-state index in [4.69, 9.17) is 5.73 Å². The van der Waals surface area contributed by atoms with E-state index in [1.165, 1.54) is 12.7 Å². The van der Waals surface area contributed by atoms with Crippen molar-refractivity contribution < 1.29 is 0 Å². The van der Waals surface area contributed by atoms with Crippen molar-refractivity contribution in [1.29, 1.82) is 0 Å². The molecule has 0 spiro atoms. The van der Waals surface area contributed by atoms with Crippen LogP contribution in [0.1, 0.15) is 25.7 Å². The fourth-order valence-corrected chi connectivity index (χ4v) is 2.59. The molecular formula is C13H18N6. The van der Waals surface area contributed by atoms with Crippen molar-refractivity contribution in [2.75, 3.05) is 5.32 Å². The van der Waals surface area contributed by atoms with Crippen molar-refractivity contribution in [1.82, 2.24) is 19.7 Å². The van der Waals surface area contributed by atoms with Gasteiger partial charge in [0.25, 0.3) is 0 Å². The lowest BCUT2D eigenvalue weighted by atomic mass is 9.91. The van der Waals surface area contributed by atoms with Crippen molar-refractivity contribution in [3.8, 4) is 5.82 Å². The maximum absolute atomic E-state index is 6.03. The van der Waals surface area contributed by atoms with Gasteiger partial charge >= 0.3 is 0 Å². The molecule has 100 valence electrons. The smallest absolute Gasteiger partial charge is 0.178 e. The summed E-state index contributed by atoms with van der Waals surface area (Å²) in [5.74, 6) is 0.777. The second-order valence-corrected chi connectivity index (χ2v) is 4.98. The number of hydrogen-bond acceptors (Lipinski definition) is 5. The summed E-state index contributed by atoms with van der Waals surface area (Å²) in [4.78, 5) is 8.34. The Morgan fingerprint density at radius 2 is 2.32 bits per heavy atom. The lowest BCUT2D eigenvalue weighted by Gasteiger charge is -2.28. The highest BCUT2D eigenvalue weighted by molar-refractivity contribution is 5.56. The third-order valence-electron chi connectivity index (χ3n) is 3.50. The zero-order valence-electron chi connectivity index (χ0n) is 10.7. The van der Waals surface area contributed by atoms with E-state index < -0.39 is 0 Å². The van der Waals surface area contributed by atoms with Gasteiger partial charge in [0, 0.05) is 18.3 Å². The van der Waals surface area contributed by atoms with Crippen LogP contribution in [0.25, 0.3) is 5.82 Å². The SMILES string of the molecule is NC1CCCC(Nc2cccnc2-n2cncn2)C1. The van der Waals surface area contributed by atoms with Gasteiger partial charge in [-0.3, -0.25) is 0 Å². The maximum atomic E-state index is 6.03. The van der Waals surface area contributed by atoms with E-state index in [2.05, 4.69) is 20.4 Å². The van der Waals surface area contributed by atoms with Crippen LogP contribution in [0.4, 0.5) is 5.69 Å². The highest BCUT2D eigenvalue weighted by Gasteiger charge is 2.20. The van der Waals surface area contributed by atoms with E-state index in [0.29, 0.717) is 12.1 Å². The second-order valence-electron chi connectivity index (χ2n) is 4.98. The first-order chi connectivity index (χ1) is 9.33. The molecule has 0 saturated heterocycles. The van der Waals surface area contributed by atoms with Crippen LogP contribution in [0.3, 0.4) is 0 Å². The molecule has 19 heavy (non-hydrogen) atoms. The summed E-state index contributed by atoms with van der Waals surface area (Å²) in [5.41, 5.74) is 7.01. The molecule has 3 rings (SSSR count). The second kappa shape index (κ2) is 5.36. The number of hydrogen-bond donors (Lipinski definition) is 2. The number of nitrogens with one attached hydrogen (secondary N) is 1. The summed E-state index contributed by atoms with van der Waals surface area (Å²) in [6.07, 6.45) is 9.38. The van der Waals surface area contributed by atoms with Crippen molar-refractivity contribution in [2.45, 2.75) is 37.8 Å². The predicted molar refractivity (Wildman–Crippen MR) is 73.0 cm³/mol. The Bertz CT molecular complexity index is 524. The third-order valence-corrected chi connectivity index (χ3v) is 3.50. The van der Waals surface area contributed by atoms with Gasteiger partial charge in [-0.05, 0) is 37.8 Å². The number of aromatic nitrogens is 4. The summed E-state index contributed by atoms with van der Waals surface area (Å²) in [6.45, 7) is 0. The number of nitrogens with zero attached hydrogens (tertiary/aromatic N) is 4. The van der Waals surface area contributed by atoms with Crippen LogP contribution in [0.5, 0.6) is 0 Å². The van der Waals surface area contributed by atoms with Gasteiger partial charge < -0.3 is 11.1 Å². The average Bonchev–Trinajstić information content (AvgIpc) is 2.93. The largest absolute Gasteiger partial charge is 0.379 e. The molecule has 2 heterocycles. The van der Waals surface area contributed by atoms with Gasteiger partial charge in [0.1, 0.15) is 12.7 Å². The van der Waals surface area contributed by atoms with Crippen molar-refractivity contribution >= 4 is 5.69 Å². The molecule has 0 amide bonds. The van der Waals surface area contributed by atoms with Crippen LogP contribution in [0.15, 0.2) is 31.0 Å². The predicted octanol–water partition coefficient (Wildman–Crippen LogP) is 1.34. The summed E-state index contributed by atoms with van der Waals surface area (Å²) < 4.78 is 1.67. The molecule has 0 radical (unpaired) electrons. The van der Waals surface area contributed by atoms with Gasteiger partial charge in [0.2, 0.25) is 0 Å². The third kappa shape index (κ3) is 2.73. The van der Waals surface area contributed by atoms with Crippen molar-refractivity contribution in [3.63, 3.8) is 0 Å². The molecule has 3 N–H and O–H groups in total. The topological polar surface area (TPSA) is 81.6 Å². The van der Waals surface area contributed by atoms with Crippen LogP contribution in [-0.2, 0) is 0 Å². The monoisotopic (exact) mass is 258 g/mol. The molecule has 6 nitrogen and oxygen atoms in total. The van der Waals surface area contributed by atoms with Crippen LogP contribution >= 0.6 is 0 Å². The normalized spacial score (nSPS) is 23.2. The highest BCUT2D eigenvalue weighted by Crippen LogP contribution is 2.23. The molecule has 1 aliphatic carbocycles. The Hall–Kier alpha value is -1.95. The van der Waals surface area contributed by atoms with Crippen LogP contribution in [-0.4, -0.2) is 31.8 Å². The molecule has 2 aromatic heterocycles. The summed E-state index contributed by atoms with van der Waals surface area (Å²) in [6, 6.07) is 4.66. The minimum absolute atomic E-state index is 0.303. The Labute approximate surface area is 112 Å². The van der Waals surface area contributed by atoms with E-state index in [-0.39, 0.29) is 0 Å². The number of pyridine rings is 1. The first kappa shape index (κ1) is 12.1. The lowest BCUT2D eigenvalue weighted by Crippen LogP contribution is -2.35. The first-order valence-electron chi connectivity index (χ1n) is 6.65.